The van der Waals surface area contributed by atoms with E-state index in [-0.39, 0.29) is 0 Å². The van der Waals surface area contributed by atoms with Gasteiger partial charge in [-0.15, -0.1) is 0 Å². The molecule has 78 valence electrons. The largest absolute Gasteiger partial charge is 0.339 e. The van der Waals surface area contributed by atoms with Gasteiger partial charge in [0.15, 0.2) is 5.65 Å². The molecule has 2 atom stereocenters. The highest BCUT2D eigenvalue weighted by atomic mass is 15.0. The maximum atomic E-state index is 5.89. The number of nitrogens with one attached hydrogen (secondary N) is 1. The standard InChI is InChI=1S/C10H13N5/c11-7-2-1-6(3-7)9-14-8-4-12-5-13-10(8)15-9/h4-7H,1-3,11H2,(H,12,13,14,15). The Morgan fingerprint density at radius 3 is 3.07 bits per heavy atom. The van der Waals surface area contributed by atoms with Crippen LogP contribution in [0.2, 0.25) is 0 Å². The molecule has 5 heteroatoms. The summed E-state index contributed by atoms with van der Waals surface area (Å²) in [6.45, 7) is 0. The summed E-state index contributed by atoms with van der Waals surface area (Å²) in [4.78, 5) is 15.8. The highest BCUT2D eigenvalue weighted by Crippen LogP contribution is 2.32. The van der Waals surface area contributed by atoms with Gasteiger partial charge in [0.05, 0.1) is 6.20 Å². The van der Waals surface area contributed by atoms with Crippen LogP contribution in [0.3, 0.4) is 0 Å². The highest BCUT2D eigenvalue weighted by Gasteiger charge is 2.25. The molecule has 0 radical (unpaired) electrons. The summed E-state index contributed by atoms with van der Waals surface area (Å²) in [5, 5.41) is 0. The van der Waals surface area contributed by atoms with Crippen molar-refractivity contribution in [1.82, 2.24) is 19.9 Å². The molecule has 2 heterocycles. The number of rotatable bonds is 1. The first-order valence-electron chi connectivity index (χ1n) is 5.24. The topological polar surface area (TPSA) is 80.5 Å². The average Bonchev–Trinajstić information content (AvgIpc) is 2.82. The minimum atomic E-state index is 0.328. The fraction of sp³-hybridized carbons (Fsp3) is 0.500. The van der Waals surface area contributed by atoms with Gasteiger partial charge in [0.1, 0.15) is 17.7 Å². The van der Waals surface area contributed by atoms with Crippen LogP contribution < -0.4 is 5.73 Å². The monoisotopic (exact) mass is 203 g/mol. The Bertz CT molecular complexity index is 444. The van der Waals surface area contributed by atoms with Crippen LogP contribution in [0, 0.1) is 0 Å². The second-order valence-corrected chi connectivity index (χ2v) is 4.15. The molecule has 5 nitrogen and oxygen atoms in total. The molecule has 0 bridgehead atoms. The molecule has 15 heavy (non-hydrogen) atoms. The molecule has 3 rings (SSSR count). The first-order chi connectivity index (χ1) is 7.33. The lowest BCUT2D eigenvalue weighted by molar-refractivity contribution is 0.651. The minimum absolute atomic E-state index is 0.328. The summed E-state index contributed by atoms with van der Waals surface area (Å²) in [5.41, 5.74) is 7.55. The molecule has 1 saturated carbocycles. The molecular formula is C10H13N5. The Morgan fingerprint density at radius 1 is 1.40 bits per heavy atom. The Balaban J connectivity index is 1.98. The van der Waals surface area contributed by atoms with Crippen molar-refractivity contribution in [2.75, 3.05) is 0 Å². The number of hydrogen-bond acceptors (Lipinski definition) is 4. The van der Waals surface area contributed by atoms with Crippen molar-refractivity contribution in [2.24, 2.45) is 5.73 Å². The molecule has 3 N–H and O–H groups in total. The smallest absolute Gasteiger partial charge is 0.180 e. The van der Waals surface area contributed by atoms with Gasteiger partial charge in [-0.05, 0) is 19.3 Å². The Morgan fingerprint density at radius 2 is 2.33 bits per heavy atom. The van der Waals surface area contributed by atoms with Crippen molar-refractivity contribution in [2.45, 2.75) is 31.2 Å². The first-order valence-corrected chi connectivity index (χ1v) is 5.24. The maximum Gasteiger partial charge on any atom is 0.180 e. The second kappa shape index (κ2) is 3.27. The molecule has 1 fully saturated rings. The Hall–Kier alpha value is -1.49. The SMILES string of the molecule is NC1CCC(c2nc3ncncc3[nH]2)C1. The quantitative estimate of drug-likeness (QED) is 0.723. The van der Waals surface area contributed by atoms with E-state index in [0.29, 0.717) is 12.0 Å². The van der Waals surface area contributed by atoms with Gasteiger partial charge in [-0.1, -0.05) is 0 Å². The van der Waals surface area contributed by atoms with Gasteiger partial charge in [0.2, 0.25) is 0 Å². The first kappa shape index (κ1) is 8.79. The molecule has 0 aromatic carbocycles. The van der Waals surface area contributed by atoms with Crippen LogP contribution in [0.25, 0.3) is 11.2 Å². The van der Waals surface area contributed by atoms with Crippen molar-refractivity contribution >= 4 is 11.2 Å². The third-order valence-electron chi connectivity index (χ3n) is 3.04. The average molecular weight is 203 g/mol. The number of imidazole rings is 1. The molecule has 2 aromatic heterocycles. The number of hydrogen-bond donors (Lipinski definition) is 2. The van der Waals surface area contributed by atoms with E-state index in [1.165, 1.54) is 6.33 Å². The van der Waals surface area contributed by atoms with E-state index < -0.39 is 0 Å². The van der Waals surface area contributed by atoms with E-state index >= 15 is 0 Å². The van der Waals surface area contributed by atoms with Crippen LogP contribution in [0.15, 0.2) is 12.5 Å². The number of nitrogens with zero attached hydrogens (tertiary/aromatic N) is 3. The van der Waals surface area contributed by atoms with Gasteiger partial charge >= 0.3 is 0 Å². The zero-order chi connectivity index (χ0) is 10.3. The maximum absolute atomic E-state index is 5.89. The lowest BCUT2D eigenvalue weighted by Gasteiger charge is -2.03. The Kier molecular flexibility index (Phi) is 1.92. The summed E-state index contributed by atoms with van der Waals surface area (Å²) in [6.07, 6.45) is 6.51. The fourth-order valence-electron chi connectivity index (χ4n) is 2.24. The third-order valence-corrected chi connectivity index (χ3v) is 3.04. The van der Waals surface area contributed by atoms with Gasteiger partial charge in [0.25, 0.3) is 0 Å². The van der Waals surface area contributed by atoms with Crippen LogP contribution in [0.4, 0.5) is 0 Å². The number of aromatic amines is 1. The second-order valence-electron chi connectivity index (χ2n) is 4.15. The lowest BCUT2D eigenvalue weighted by atomic mass is 10.1. The zero-order valence-corrected chi connectivity index (χ0v) is 8.35. The summed E-state index contributed by atoms with van der Waals surface area (Å²) >= 11 is 0. The number of fused-ring (bicyclic) bond motifs is 1. The molecule has 1 aliphatic carbocycles. The van der Waals surface area contributed by atoms with E-state index in [1.54, 1.807) is 6.20 Å². The molecular weight excluding hydrogens is 190 g/mol. The molecule has 0 spiro atoms. The van der Waals surface area contributed by atoms with Gasteiger partial charge < -0.3 is 10.7 Å². The molecule has 2 aromatic rings. The van der Waals surface area contributed by atoms with Crippen LogP contribution in [0.5, 0.6) is 0 Å². The van der Waals surface area contributed by atoms with Crippen LogP contribution in [-0.4, -0.2) is 26.0 Å². The minimum Gasteiger partial charge on any atom is -0.339 e. The van der Waals surface area contributed by atoms with Gasteiger partial charge in [-0.3, -0.25) is 0 Å². The molecule has 0 saturated heterocycles. The summed E-state index contributed by atoms with van der Waals surface area (Å²) < 4.78 is 0. The van der Waals surface area contributed by atoms with Gasteiger partial charge in [-0.25, -0.2) is 15.0 Å². The summed E-state index contributed by atoms with van der Waals surface area (Å²) in [5.74, 6) is 1.48. The summed E-state index contributed by atoms with van der Waals surface area (Å²) in [7, 11) is 0. The van der Waals surface area contributed by atoms with Gasteiger partial charge in [-0.2, -0.15) is 0 Å². The molecule has 2 unspecified atom stereocenters. The molecule has 0 amide bonds. The normalized spacial score (nSPS) is 26.2. The fourth-order valence-corrected chi connectivity index (χ4v) is 2.24. The van der Waals surface area contributed by atoms with E-state index in [9.17, 15) is 0 Å². The van der Waals surface area contributed by atoms with Gasteiger partial charge in [0, 0.05) is 12.0 Å². The van der Waals surface area contributed by atoms with Crippen LogP contribution in [-0.2, 0) is 0 Å². The van der Waals surface area contributed by atoms with Crippen molar-refractivity contribution in [3.63, 3.8) is 0 Å². The predicted octanol–water partition coefficient (Wildman–Crippen LogP) is 0.948. The van der Waals surface area contributed by atoms with Crippen molar-refractivity contribution < 1.29 is 0 Å². The number of aromatic nitrogens is 4. The molecule has 1 aliphatic rings. The van der Waals surface area contributed by atoms with E-state index in [0.717, 1.165) is 36.3 Å². The van der Waals surface area contributed by atoms with E-state index in [1.807, 2.05) is 0 Å². The van der Waals surface area contributed by atoms with Crippen LogP contribution >= 0.6 is 0 Å². The Labute approximate surface area is 87.1 Å². The summed E-state index contributed by atoms with van der Waals surface area (Å²) in [6, 6.07) is 0.328. The molecule has 0 aliphatic heterocycles. The van der Waals surface area contributed by atoms with Crippen molar-refractivity contribution in [1.29, 1.82) is 0 Å². The van der Waals surface area contributed by atoms with E-state index in [2.05, 4.69) is 19.9 Å². The van der Waals surface area contributed by atoms with Crippen molar-refractivity contribution in [3.8, 4) is 0 Å². The highest BCUT2D eigenvalue weighted by molar-refractivity contribution is 5.68. The number of nitrogens with two attached hydrogens (primary N) is 1. The lowest BCUT2D eigenvalue weighted by Crippen LogP contribution is -2.14. The number of H-pyrrole nitrogens is 1. The van der Waals surface area contributed by atoms with Crippen LogP contribution in [0.1, 0.15) is 31.0 Å². The zero-order valence-electron chi connectivity index (χ0n) is 8.35. The van der Waals surface area contributed by atoms with Crippen molar-refractivity contribution in [3.05, 3.63) is 18.3 Å². The predicted molar refractivity (Wildman–Crippen MR) is 56.3 cm³/mol. The third kappa shape index (κ3) is 1.48. The van der Waals surface area contributed by atoms with E-state index in [4.69, 9.17) is 5.73 Å².